The molecule has 4 aliphatic rings. The molecule has 2 saturated carbocycles. The molecule has 1 nitrogen and oxygen atoms in total. The summed E-state index contributed by atoms with van der Waals surface area (Å²) in [4.78, 5) is 0. The molecule has 0 aliphatic heterocycles. The molecule has 1 N–H and O–H groups in total. The second-order valence-corrected chi connectivity index (χ2v) is 13.0. The third-order valence-electron chi connectivity index (χ3n) is 10.8. The van der Waals surface area contributed by atoms with Gasteiger partial charge in [-0.2, -0.15) is 0 Å². The van der Waals surface area contributed by atoms with Crippen molar-refractivity contribution in [3.63, 3.8) is 0 Å². The average molecular weight is 443 g/mol. The average Bonchev–Trinajstić information content (AvgIpc) is 3.09. The summed E-state index contributed by atoms with van der Waals surface area (Å²) in [6.45, 7) is 20.9. The van der Waals surface area contributed by atoms with E-state index in [4.69, 9.17) is 0 Å². The smallest absolute Gasteiger partial charge is 0.0594 e. The Morgan fingerprint density at radius 2 is 1.69 bits per heavy atom. The molecule has 0 heterocycles. The lowest BCUT2D eigenvalue weighted by atomic mass is 9.46. The number of aliphatic hydroxyl groups is 1. The highest BCUT2D eigenvalue weighted by Gasteiger charge is 2.59. The minimum Gasteiger partial charge on any atom is -0.393 e. The Balaban J connectivity index is 0.00000141. The lowest BCUT2D eigenvalue weighted by Crippen LogP contribution is -2.53. The monoisotopic (exact) mass is 442 g/mol. The van der Waals surface area contributed by atoms with Crippen molar-refractivity contribution in [2.45, 2.75) is 133 Å². The first kappa shape index (κ1) is 26.1. The highest BCUT2D eigenvalue weighted by molar-refractivity contribution is 5.35. The van der Waals surface area contributed by atoms with E-state index in [1.807, 2.05) is 25.0 Å². The maximum Gasteiger partial charge on any atom is 0.0594 e. The van der Waals surface area contributed by atoms with E-state index in [0.717, 1.165) is 24.2 Å². The van der Waals surface area contributed by atoms with Crippen molar-refractivity contribution in [3.8, 4) is 0 Å². The zero-order valence-corrected chi connectivity index (χ0v) is 23.0. The van der Waals surface area contributed by atoms with Crippen LogP contribution in [0.25, 0.3) is 0 Å². The first-order valence-electron chi connectivity index (χ1n) is 14.1. The largest absolute Gasteiger partial charge is 0.393 e. The van der Waals surface area contributed by atoms with Crippen molar-refractivity contribution in [3.05, 3.63) is 22.8 Å². The zero-order valence-electron chi connectivity index (χ0n) is 23.0. The first-order valence-corrected chi connectivity index (χ1v) is 14.1. The van der Waals surface area contributed by atoms with Gasteiger partial charge in [-0.15, -0.1) is 0 Å². The van der Waals surface area contributed by atoms with Crippen LogP contribution in [0.4, 0.5) is 0 Å². The maximum absolute atomic E-state index is 10.8. The van der Waals surface area contributed by atoms with E-state index < -0.39 is 0 Å². The van der Waals surface area contributed by atoms with Crippen molar-refractivity contribution in [2.75, 3.05) is 0 Å². The van der Waals surface area contributed by atoms with Gasteiger partial charge in [0.1, 0.15) is 0 Å². The summed E-state index contributed by atoms with van der Waals surface area (Å²) in [5.41, 5.74) is 6.15. The number of hydrogen-bond acceptors (Lipinski definition) is 1. The van der Waals surface area contributed by atoms with Gasteiger partial charge in [0.25, 0.3) is 0 Å². The molecule has 4 aliphatic carbocycles. The highest BCUT2D eigenvalue weighted by atomic mass is 16.3. The minimum atomic E-state index is -0.121. The van der Waals surface area contributed by atoms with Crippen LogP contribution in [-0.2, 0) is 0 Å². The fourth-order valence-electron chi connectivity index (χ4n) is 9.10. The standard InChI is InChI=1S/C29H48O.C2H6/c1-19(2)9-8-10-20(3)22-12-13-23-21-11-14-25-27(4,5)26(30)16-18-29(25,7)24(21)15-17-28(22,23)6;1-2/h9,20,22-23,25-26,30H,8,10-18H2,1-7H3;1-2H3. The minimum absolute atomic E-state index is 0.0595. The Bertz CT molecular complexity index is 723. The van der Waals surface area contributed by atoms with Crippen LogP contribution in [0.1, 0.15) is 127 Å². The predicted molar refractivity (Wildman–Crippen MR) is 140 cm³/mol. The molecule has 0 spiro atoms. The van der Waals surface area contributed by atoms with Crippen LogP contribution in [-0.4, -0.2) is 11.2 Å². The summed E-state index contributed by atoms with van der Waals surface area (Å²) < 4.78 is 0. The van der Waals surface area contributed by atoms with Crippen LogP contribution in [0.15, 0.2) is 22.8 Å². The molecular weight excluding hydrogens is 388 g/mol. The van der Waals surface area contributed by atoms with Crippen LogP contribution in [0.5, 0.6) is 0 Å². The maximum atomic E-state index is 10.8. The van der Waals surface area contributed by atoms with Gasteiger partial charge in [0.05, 0.1) is 6.10 Å². The molecule has 0 aromatic carbocycles. The third kappa shape index (κ3) is 4.18. The number of rotatable bonds is 4. The molecule has 0 aromatic rings. The van der Waals surface area contributed by atoms with E-state index in [1.54, 1.807) is 0 Å². The summed E-state index contributed by atoms with van der Waals surface area (Å²) in [6, 6.07) is 0. The van der Waals surface area contributed by atoms with Crippen molar-refractivity contribution < 1.29 is 5.11 Å². The van der Waals surface area contributed by atoms with Gasteiger partial charge < -0.3 is 5.11 Å². The Labute approximate surface area is 200 Å². The molecule has 7 atom stereocenters. The number of fused-ring (bicyclic) bond motifs is 4. The van der Waals surface area contributed by atoms with Gasteiger partial charge in [-0.1, -0.05) is 71.3 Å². The van der Waals surface area contributed by atoms with Gasteiger partial charge in [0, 0.05) is 0 Å². The van der Waals surface area contributed by atoms with E-state index in [-0.39, 0.29) is 11.5 Å². The quantitative estimate of drug-likeness (QED) is 0.430. The Hall–Kier alpha value is -0.560. The van der Waals surface area contributed by atoms with Crippen LogP contribution < -0.4 is 0 Å². The SMILES string of the molecule is CC.CC(C)=CCCC(C)C1CCC2C3=C(CCC21C)C1(C)CCC(O)C(C)(C)C1CC3. The third-order valence-corrected chi connectivity index (χ3v) is 10.8. The normalized spacial score (nSPS) is 40.9. The number of hydrogen-bond donors (Lipinski definition) is 1. The van der Waals surface area contributed by atoms with Crippen LogP contribution in [0.3, 0.4) is 0 Å². The lowest BCUT2D eigenvalue weighted by Gasteiger charge is -2.60. The number of aliphatic hydroxyl groups excluding tert-OH is 1. The molecule has 0 radical (unpaired) electrons. The van der Waals surface area contributed by atoms with Crippen LogP contribution in [0, 0.1) is 39.9 Å². The Morgan fingerprint density at radius 1 is 1.00 bits per heavy atom. The fraction of sp³-hybridized carbons (Fsp3) is 0.871. The molecule has 7 unspecified atom stereocenters. The fourth-order valence-corrected chi connectivity index (χ4v) is 9.10. The molecule has 32 heavy (non-hydrogen) atoms. The summed E-state index contributed by atoms with van der Waals surface area (Å²) in [5, 5.41) is 10.8. The molecule has 2 fully saturated rings. The van der Waals surface area contributed by atoms with Gasteiger partial charge in [-0.05, 0) is 118 Å². The van der Waals surface area contributed by atoms with E-state index in [0.29, 0.717) is 16.7 Å². The topological polar surface area (TPSA) is 20.2 Å². The Kier molecular flexibility index (Phi) is 7.81. The molecular formula is C31H54O. The second kappa shape index (κ2) is 9.59. The van der Waals surface area contributed by atoms with Crippen LogP contribution >= 0.6 is 0 Å². The van der Waals surface area contributed by atoms with Crippen molar-refractivity contribution >= 4 is 0 Å². The second-order valence-electron chi connectivity index (χ2n) is 13.0. The summed E-state index contributed by atoms with van der Waals surface area (Å²) in [5.74, 6) is 3.23. The molecule has 1 heteroatoms. The first-order chi connectivity index (χ1) is 15.0. The lowest BCUT2D eigenvalue weighted by molar-refractivity contribution is -0.0931. The molecule has 0 saturated heterocycles. The number of allylic oxidation sites excluding steroid dienone is 4. The molecule has 184 valence electrons. The van der Waals surface area contributed by atoms with Gasteiger partial charge in [0.2, 0.25) is 0 Å². The van der Waals surface area contributed by atoms with Crippen molar-refractivity contribution in [1.29, 1.82) is 0 Å². The van der Waals surface area contributed by atoms with Gasteiger partial charge >= 0.3 is 0 Å². The zero-order chi connectivity index (χ0) is 23.9. The van der Waals surface area contributed by atoms with Gasteiger partial charge in [-0.3, -0.25) is 0 Å². The highest BCUT2D eigenvalue weighted by Crippen LogP contribution is 2.68. The van der Waals surface area contributed by atoms with Crippen molar-refractivity contribution in [2.24, 2.45) is 39.9 Å². The predicted octanol–water partition coefficient (Wildman–Crippen LogP) is 9.12. The summed E-state index contributed by atoms with van der Waals surface area (Å²) >= 11 is 0. The summed E-state index contributed by atoms with van der Waals surface area (Å²) in [6.07, 6.45) is 15.3. The van der Waals surface area contributed by atoms with E-state index in [9.17, 15) is 5.11 Å². The summed E-state index contributed by atoms with van der Waals surface area (Å²) in [7, 11) is 0. The molecule has 0 bridgehead atoms. The van der Waals surface area contributed by atoms with Gasteiger partial charge in [0.15, 0.2) is 0 Å². The molecule has 0 aromatic heterocycles. The van der Waals surface area contributed by atoms with E-state index in [1.165, 1.54) is 63.4 Å². The van der Waals surface area contributed by atoms with Crippen LogP contribution in [0.2, 0.25) is 0 Å². The van der Waals surface area contributed by atoms with Crippen molar-refractivity contribution in [1.82, 2.24) is 0 Å². The van der Waals surface area contributed by atoms with E-state index >= 15 is 0 Å². The molecule has 4 rings (SSSR count). The van der Waals surface area contributed by atoms with Gasteiger partial charge in [-0.25, -0.2) is 0 Å². The van der Waals surface area contributed by atoms with E-state index in [2.05, 4.69) is 54.5 Å². The Morgan fingerprint density at radius 3 is 2.34 bits per heavy atom. The molecule has 0 amide bonds.